The van der Waals surface area contributed by atoms with Crippen molar-refractivity contribution < 1.29 is 13.9 Å². The van der Waals surface area contributed by atoms with Crippen molar-refractivity contribution in [1.29, 1.82) is 0 Å². The van der Waals surface area contributed by atoms with E-state index in [1.165, 1.54) is 11.8 Å². The normalized spacial score (nSPS) is 15.9. The minimum Gasteiger partial charge on any atom is -0.497 e. The quantitative estimate of drug-likeness (QED) is 0.403. The van der Waals surface area contributed by atoms with Crippen LogP contribution in [0, 0.1) is 0 Å². The zero-order valence-corrected chi connectivity index (χ0v) is 18.6. The Bertz CT molecular complexity index is 1280. The smallest absolute Gasteiger partial charge is 0.253 e. The van der Waals surface area contributed by atoms with E-state index in [0.29, 0.717) is 6.42 Å². The Labute approximate surface area is 189 Å². The number of hydrazone groups is 1. The zero-order valence-electron chi connectivity index (χ0n) is 17.8. The van der Waals surface area contributed by atoms with E-state index in [9.17, 15) is 4.79 Å². The first kappa shape index (κ1) is 20.4. The third-order valence-electron chi connectivity index (χ3n) is 5.53. The maximum Gasteiger partial charge on any atom is 0.253 e. The van der Waals surface area contributed by atoms with Crippen LogP contribution in [0.15, 0.2) is 81.6 Å². The number of rotatable bonds is 6. The van der Waals surface area contributed by atoms with Crippen LogP contribution < -0.4 is 4.74 Å². The molecule has 1 aliphatic heterocycles. The summed E-state index contributed by atoms with van der Waals surface area (Å²) >= 11 is 1.41. The van der Waals surface area contributed by atoms with E-state index in [-0.39, 0.29) is 17.7 Å². The molecule has 1 atom stereocenters. The first-order valence-electron chi connectivity index (χ1n) is 10.3. The SMILES string of the molecule is COc1ccc(C2=NN(C(=O)CSc3nc4ccccc4n3C)C(c3ccco3)C2)cc1. The van der Waals surface area contributed by atoms with Crippen molar-refractivity contribution in [2.24, 2.45) is 12.1 Å². The van der Waals surface area contributed by atoms with Crippen molar-refractivity contribution in [3.05, 3.63) is 78.3 Å². The van der Waals surface area contributed by atoms with Gasteiger partial charge in [-0.15, -0.1) is 0 Å². The second-order valence-electron chi connectivity index (χ2n) is 7.48. The molecule has 8 heteroatoms. The lowest BCUT2D eigenvalue weighted by molar-refractivity contribution is -0.130. The summed E-state index contributed by atoms with van der Waals surface area (Å²) in [6, 6.07) is 19.1. The third kappa shape index (κ3) is 3.78. The number of fused-ring (bicyclic) bond motifs is 1. The zero-order chi connectivity index (χ0) is 22.1. The lowest BCUT2D eigenvalue weighted by atomic mass is 10.0. The van der Waals surface area contributed by atoms with Crippen LogP contribution in [0.2, 0.25) is 0 Å². The van der Waals surface area contributed by atoms with Crippen molar-refractivity contribution in [3.8, 4) is 5.75 Å². The molecule has 0 spiro atoms. The number of ether oxygens (including phenoxy) is 1. The average Bonchev–Trinajstić information content (AvgIpc) is 3.57. The number of thioether (sulfide) groups is 1. The Morgan fingerprint density at radius 1 is 1.16 bits per heavy atom. The van der Waals surface area contributed by atoms with E-state index in [1.807, 2.05) is 72.3 Å². The van der Waals surface area contributed by atoms with Gasteiger partial charge in [0.15, 0.2) is 5.16 Å². The highest BCUT2D eigenvalue weighted by molar-refractivity contribution is 7.99. The Balaban J connectivity index is 1.38. The van der Waals surface area contributed by atoms with E-state index in [1.54, 1.807) is 18.4 Å². The molecule has 5 rings (SSSR count). The molecule has 162 valence electrons. The maximum absolute atomic E-state index is 13.2. The van der Waals surface area contributed by atoms with Gasteiger partial charge < -0.3 is 13.7 Å². The van der Waals surface area contributed by atoms with Crippen LogP contribution in [0.25, 0.3) is 11.0 Å². The van der Waals surface area contributed by atoms with Crippen LogP contribution >= 0.6 is 11.8 Å². The van der Waals surface area contributed by atoms with Crippen molar-refractivity contribution in [2.75, 3.05) is 12.9 Å². The number of hydrogen-bond donors (Lipinski definition) is 0. The van der Waals surface area contributed by atoms with Gasteiger partial charge in [0.1, 0.15) is 17.6 Å². The number of carbonyl (C=O) groups is 1. The molecule has 0 saturated carbocycles. The van der Waals surface area contributed by atoms with Gasteiger partial charge in [-0.2, -0.15) is 5.10 Å². The minimum absolute atomic E-state index is 0.0908. The maximum atomic E-state index is 13.2. The Morgan fingerprint density at radius 2 is 1.97 bits per heavy atom. The van der Waals surface area contributed by atoms with E-state index in [4.69, 9.17) is 9.15 Å². The first-order valence-corrected chi connectivity index (χ1v) is 11.2. The lowest BCUT2D eigenvalue weighted by Gasteiger charge is -2.19. The number of benzene rings is 2. The number of amides is 1. The molecule has 32 heavy (non-hydrogen) atoms. The number of methoxy groups -OCH3 is 1. The number of aromatic nitrogens is 2. The van der Waals surface area contributed by atoms with Crippen molar-refractivity contribution in [1.82, 2.24) is 14.6 Å². The third-order valence-corrected chi connectivity index (χ3v) is 6.55. The van der Waals surface area contributed by atoms with Crippen LogP contribution in [-0.4, -0.2) is 39.0 Å². The van der Waals surface area contributed by atoms with E-state index in [0.717, 1.165) is 39.0 Å². The molecular formula is C24H22N4O3S. The molecule has 0 aliphatic carbocycles. The van der Waals surface area contributed by atoms with E-state index in [2.05, 4.69) is 10.1 Å². The van der Waals surface area contributed by atoms with Gasteiger partial charge in [-0.3, -0.25) is 4.79 Å². The monoisotopic (exact) mass is 446 g/mol. The summed E-state index contributed by atoms with van der Waals surface area (Å²) in [7, 11) is 3.60. The minimum atomic E-state index is -0.268. The van der Waals surface area contributed by atoms with Crippen LogP contribution in [0.5, 0.6) is 5.75 Å². The fraction of sp³-hybridized carbons (Fsp3) is 0.208. The molecule has 1 unspecified atom stereocenters. The summed E-state index contributed by atoms with van der Waals surface area (Å²) in [5.41, 5.74) is 3.76. The number of furan rings is 1. The highest BCUT2D eigenvalue weighted by atomic mass is 32.2. The number of para-hydroxylation sites is 2. The standard InChI is InChI=1S/C24H22N4O3S/c1-27-20-7-4-3-6-18(20)25-24(27)32-15-23(29)28-21(22-8-5-13-31-22)14-19(26-28)16-9-11-17(30-2)12-10-16/h3-13,21H,14-15H2,1-2H3. The van der Waals surface area contributed by atoms with Crippen LogP contribution in [-0.2, 0) is 11.8 Å². The van der Waals surface area contributed by atoms with Gasteiger partial charge in [0.2, 0.25) is 0 Å². The molecule has 4 aromatic rings. The van der Waals surface area contributed by atoms with E-state index >= 15 is 0 Å². The van der Waals surface area contributed by atoms with Crippen LogP contribution in [0.3, 0.4) is 0 Å². The van der Waals surface area contributed by atoms with Gasteiger partial charge in [0.25, 0.3) is 5.91 Å². The summed E-state index contributed by atoms with van der Waals surface area (Å²) in [6.07, 6.45) is 2.21. The second kappa shape index (κ2) is 8.55. The largest absolute Gasteiger partial charge is 0.497 e. The molecule has 0 bridgehead atoms. The summed E-state index contributed by atoms with van der Waals surface area (Å²) in [4.78, 5) is 17.9. The highest BCUT2D eigenvalue weighted by Gasteiger charge is 2.35. The Hall–Kier alpha value is -3.52. The number of carbonyl (C=O) groups excluding carboxylic acids is 1. The number of nitrogens with zero attached hydrogens (tertiary/aromatic N) is 4. The fourth-order valence-electron chi connectivity index (χ4n) is 3.85. The van der Waals surface area contributed by atoms with Crippen molar-refractivity contribution in [2.45, 2.75) is 17.6 Å². The van der Waals surface area contributed by atoms with Gasteiger partial charge in [-0.25, -0.2) is 9.99 Å². The van der Waals surface area contributed by atoms with Gasteiger partial charge >= 0.3 is 0 Å². The average molecular weight is 447 g/mol. The van der Waals surface area contributed by atoms with Crippen molar-refractivity contribution >= 4 is 34.4 Å². The molecule has 0 N–H and O–H groups in total. The van der Waals surface area contributed by atoms with Gasteiger partial charge in [0, 0.05) is 13.5 Å². The molecule has 1 amide bonds. The lowest BCUT2D eigenvalue weighted by Crippen LogP contribution is -2.28. The summed E-state index contributed by atoms with van der Waals surface area (Å²) in [5, 5.41) is 7.04. The van der Waals surface area contributed by atoms with Crippen LogP contribution in [0.1, 0.15) is 23.8 Å². The van der Waals surface area contributed by atoms with Gasteiger partial charge in [-0.1, -0.05) is 23.9 Å². The summed E-state index contributed by atoms with van der Waals surface area (Å²) in [6.45, 7) is 0. The topological polar surface area (TPSA) is 72.9 Å². The van der Waals surface area contributed by atoms with Gasteiger partial charge in [-0.05, 0) is 54.1 Å². The van der Waals surface area contributed by atoms with E-state index < -0.39 is 0 Å². The second-order valence-corrected chi connectivity index (χ2v) is 8.42. The predicted octanol–water partition coefficient (Wildman–Crippen LogP) is 4.64. The Kier molecular flexibility index (Phi) is 5.45. The van der Waals surface area contributed by atoms with Crippen molar-refractivity contribution in [3.63, 3.8) is 0 Å². The molecule has 0 radical (unpaired) electrons. The fourth-order valence-corrected chi connectivity index (χ4v) is 4.69. The predicted molar refractivity (Wildman–Crippen MR) is 124 cm³/mol. The highest BCUT2D eigenvalue weighted by Crippen LogP contribution is 2.34. The number of aryl methyl sites for hydroxylation is 1. The molecule has 2 aromatic carbocycles. The first-order chi connectivity index (χ1) is 15.6. The molecule has 3 heterocycles. The molecule has 0 saturated heterocycles. The van der Waals surface area contributed by atoms with Gasteiger partial charge in [0.05, 0.1) is 35.9 Å². The molecule has 1 aliphatic rings. The summed E-state index contributed by atoms with van der Waals surface area (Å²) in [5.74, 6) is 1.64. The molecular weight excluding hydrogens is 424 g/mol. The Morgan fingerprint density at radius 3 is 2.69 bits per heavy atom. The molecule has 2 aromatic heterocycles. The number of hydrogen-bond acceptors (Lipinski definition) is 6. The molecule has 7 nitrogen and oxygen atoms in total. The summed E-state index contributed by atoms with van der Waals surface area (Å²) < 4.78 is 12.9. The number of imidazole rings is 1. The van der Waals surface area contributed by atoms with Crippen LogP contribution in [0.4, 0.5) is 0 Å². The molecule has 0 fully saturated rings.